The summed E-state index contributed by atoms with van der Waals surface area (Å²) in [7, 11) is 0. The van der Waals surface area contributed by atoms with E-state index in [-0.39, 0.29) is 5.41 Å². The molecule has 0 aliphatic carbocycles. The molecule has 2 heterocycles. The van der Waals surface area contributed by atoms with E-state index in [9.17, 15) is 0 Å². The molecule has 0 saturated carbocycles. The van der Waals surface area contributed by atoms with Crippen molar-refractivity contribution in [2.45, 2.75) is 52.4 Å². The highest BCUT2D eigenvalue weighted by Crippen LogP contribution is 2.35. The van der Waals surface area contributed by atoms with Crippen LogP contribution in [0.5, 0.6) is 0 Å². The number of rotatable bonds is 1. The van der Waals surface area contributed by atoms with Crippen LogP contribution in [-0.4, -0.2) is 16.3 Å². The summed E-state index contributed by atoms with van der Waals surface area (Å²) in [5, 5.41) is 9.30. The zero-order valence-corrected chi connectivity index (χ0v) is 14.6. The fourth-order valence-corrected chi connectivity index (χ4v) is 3.18. The van der Waals surface area contributed by atoms with Gasteiger partial charge in [0.05, 0.1) is 11.4 Å². The quantitative estimate of drug-likeness (QED) is 0.812. The standard InChI is InChI=1S/C18H24ClN3/c1-12-8-9-13(11-15(12)19)22-17-14(7-5-6-10-20-17)16(21-22)18(2,3)4/h8-9,11,20H,5-7,10H2,1-4H3. The number of aryl methyl sites for hydroxylation is 1. The molecule has 0 saturated heterocycles. The summed E-state index contributed by atoms with van der Waals surface area (Å²) in [6.45, 7) is 9.71. The normalized spacial score (nSPS) is 15.1. The average Bonchev–Trinajstić information content (AvgIpc) is 2.65. The first-order valence-corrected chi connectivity index (χ1v) is 8.38. The summed E-state index contributed by atoms with van der Waals surface area (Å²) < 4.78 is 2.03. The second kappa shape index (κ2) is 5.62. The molecule has 0 bridgehead atoms. The highest BCUT2D eigenvalue weighted by Gasteiger charge is 2.27. The molecule has 22 heavy (non-hydrogen) atoms. The molecule has 2 aromatic rings. The van der Waals surface area contributed by atoms with Gasteiger partial charge in [0.1, 0.15) is 5.82 Å². The molecule has 0 atom stereocenters. The minimum Gasteiger partial charge on any atom is -0.370 e. The summed E-state index contributed by atoms with van der Waals surface area (Å²) in [6.07, 6.45) is 3.50. The molecule has 118 valence electrons. The lowest BCUT2D eigenvalue weighted by Gasteiger charge is -2.17. The molecule has 3 nitrogen and oxygen atoms in total. The van der Waals surface area contributed by atoms with Crippen LogP contribution in [0.1, 0.15) is 50.4 Å². The van der Waals surface area contributed by atoms with Crippen LogP contribution in [0, 0.1) is 6.92 Å². The van der Waals surface area contributed by atoms with Gasteiger partial charge in [0.25, 0.3) is 0 Å². The van der Waals surface area contributed by atoms with Gasteiger partial charge in [-0.2, -0.15) is 5.10 Å². The number of nitrogens with one attached hydrogen (secondary N) is 1. The Hall–Kier alpha value is -1.48. The van der Waals surface area contributed by atoms with Crippen molar-refractivity contribution in [1.29, 1.82) is 0 Å². The van der Waals surface area contributed by atoms with Crippen molar-refractivity contribution in [2.24, 2.45) is 0 Å². The van der Waals surface area contributed by atoms with Crippen LogP contribution in [0.4, 0.5) is 5.82 Å². The highest BCUT2D eigenvalue weighted by atomic mass is 35.5. The first-order chi connectivity index (χ1) is 10.4. The third kappa shape index (κ3) is 2.74. The molecule has 1 aromatic heterocycles. The van der Waals surface area contributed by atoms with E-state index in [4.69, 9.17) is 16.7 Å². The number of benzene rings is 1. The van der Waals surface area contributed by atoms with E-state index in [1.165, 1.54) is 24.1 Å². The van der Waals surface area contributed by atoms with Gasteiger partial charge < -0.3 is 5.32 Å². The average molecular weight is 318 g/mol. The lowest BCUT2D eigenvalue weighted by molar-refractivity contribution is 0.552. The summed E-state index contributed by atoms with van der Waals surface area (Å²) in [5.41, 5.74) is 4.70. The highest BCUT2D eigenvalue weighted by molar-refractivity contribution is 6.31. The number of aromatic nitrogens is 2. The Balaban J connectivity index is 2.19. The van der Waals surface area contributed by atoms with E-state index < -0.39 is 0 Å². The zero-order valence-electron chi connectivity index (χ0n) is 13.8. The van der Waals surface area contributed by atoms with Crippen LogP contribution in [0.2, 0.25) is 5.02 Å². The van der Waals surface area contributed by atoms with Crippen molar-refractivity contribution in [3.8, 4) is 5.69 Å². The first kappa shape index (κ1) is 15.4. The van der Waals surface area contributed by atoms with Crippen molar-refractivity contribution in [3.63, 3.8) is 0 Å². The lowest BCUT2D eigenvalue weighted by atomic mass is 9.88. The summed E-state index contributed by atoms with van der Waals surface area (Å²) in [4.78, 5) is 0. The molecule has 4 heteroatoms. The summed E-state index contributed by atoms with van der Waals surface area (Å²) >= 11 is 6.31. The van der Waals surface area contributed by atoms with Crippen molar-refractivity contribution in [2.75, 3.05) is 11.9 Å². The van der Waals surface area contributed by atoms with Crippen LogP contribution in [0.3, 0.4) is 0 Å². The Bertz CT molecular complexity index is 695. The van der Waals surface area contributed by atoms with Gasteiger partial charge in [-0.1, -0.05) is 38.4 Å². The number of nitrogens with zero attached hydrogens (tertiary/aromatic N) is 2. The number of halogens is 1. The largest absolute Gasteiger partial charge is 0.370 e. The van der Waals surface area contributed by atoms with E-state index in [2.05, 4.69) is 38.2 Å². The Morgan fingerprint density at radius 1 is 1.23 bits per heavy atom. The number of hydrogen-bond acceptors (Lipinski definition) is 2. The molecular formula is C18H24ClN3. The molecule has 1 aromatic carbocycles. The fourth-order valence-electron chi connectivity index (χ4n) is 3.01. The van der Waals surface area contributed by atoms with Crippen molar-refractivity contribution in [1.82, 2.24) is 9.78 Å². The zero-order chi connectivity index (χ0) is 15.9. The molecular weight excluding hydrogens is 294 g/mol. The van der Waals surface area contributed by atoms with Crippen molar-refractivity contribution >= 4 is 17.4 Å². The smallest absolute Gasteiger partial charge is 0.133 e. The van der Waals surface area contributed by atoms with Crippen molar-refractivity contribution < 1.29 is 0 Å². The third-order valence-electron chi connectivity index (χ3n) is 4.24. The van der Waals surface area contributed by atoms with Gasteiger partial charge in [-0.25, -0.2) is 4.68 Å². The van der Waals surface area contributed by atoms with Crippen LogP contribution in [-0.2, 0) is 11.8 Å². The maximum absolute atomic E-state index is 6.31. The third-order valence-corrected chi connectivity index (χ3v) is 4.65. The number of fused-ring (bicyclic) bond motifs is 1. The Labute approximate surface area is 137 Å². The monoisotopic (exact) mass is 317 g/mol. The summed E-state index contributed by atoms with van der Waals surface area (Å²) in [5.74, 6) is 1.14. The van der Waals surface area contributed by atoms with E-state index >= 15 is 0 Å². The van der Waals surface area contributed by atoms with Gasteiger partial charge in [-0.3, -0.25) is 0 Å². The molecule has 0 fully saturated rings. The predicted molar refractivity (Wildman–Crippen MR) is 93.4 cm³/mol. The summed E-state index contributed by atoms with van der Waals surface area (Å²) in [6, 6.07) is 6.15. The Kier molecular flexibility index (Phi) is 3.94. The van der Waals surface area contributed by atoms with Gasteiger partial charge in [0, 0.05) is 22.5 Å². The molecule has 0 amide bonds. The van der Waals surface area contributed by atoms with Gasteiger partial charge in [0.15, 0.2) is 0 Å². The number of anilines is 1. The minimum atomic E-state index is 0.0375. The van der Waals surface area contributed by atoms with Gasteiger partial charge >= 0.3 is 0 Å². The van der Waals surface area contributed by atoms with E-state index in [0.29, 0.717) is 0 Å². The van der Waals surface area contributed by atoms with Crippen LogP contribution < -0.4 is 5.32 Å². The molecule has 1 aliphatic heterocycles. The van der Waals surface area contributed by atoms with E-state index in [1.54, 1.807) is 0 Å². The second-order valence-electron chi connectivity index (χ2n) is 7.15. The SMILES string of the molecule is Cc1ccc(-n2nc(C(C)(C)C)c3c2NCCCC3)cc1Cl. The molecule has 1 N–H and O–H groups in total. The molecule has 0 unspecified atom stereocenters. The minimum absolute atomic E-state index is 0.0375. The van der Waals surface area contributed by atoms with Crippen LogP contribution in [0.25, 0.3) is 5.69 Å². The van der Waals surface area contributed by atoms with Crippen molar-refractivity contribution in [3.05, 3.63) is 40.0 Å². The maximum atomic E-state index is 6.31. The van der Waals surface area contributed by atoms with Crippen LogP contribution in [0.15, 0.2) is 18.2 Å². The van der Waals surface area contributed by atoms with Crippen LogP contribution >= 0.6 is 11.6 Å². The van der Waals surface area contributed by atoms with E-state index in [1.807, 2.05) is 17.7 Å². The molecule has 0 spiro atoms. The molecule has 1 aliphatic rings. The second-order valence-corrected chi connectivity index (χ2v) is 7.56. The van der Waals surface area contributed by atoms with Gasteiger partial charge in [0.2, 0.25) is 0 Å². The van der Waals surface area contributed by atoms with Gasteiger partial charge in [-0.05, 0) is 43.9 Å². The Morgan fingerprint density at radius 2 is 2.00 bits per heavy atom. The fraction of sp³-hybridized carbons (Fsp3) is 0.500. The first-order valence-electron chi connectivity index (χ1n) is 8.00. The molecule has 3 rings (SSSR count). The predicted octanol–water partition coefficient (Wildman–Crippen LogP) is 4.88. The Morgan fingerprint density at radius 3 is 2.68 bits per heavy atom. The maximum Gasteiger partial charge on any atom is 0.133 e. The lowest BCUT2D eigenvalue weighted by Crippen LogP contribution is -2.15. The molecule has 0 radical (unpaired) electrons. The topological polar surface area (TPSA) is 29.9 Å². The number of hydrogen-bond donors (Lipinski definition) is 1. The van der Waals surface area contributed by atoms with E-state index in [0.717, 1.165) is 35.1 Å². The van der Waals surface area contributed by atoms with Gasteiger partial charge in [-0.15, -0.1) is 0 Å².